The van der Waals surface area contributed by atoms with Gasteiger partial charge in [-0.2, -0.15) is 9.68 Å². The summed E-state index contributed by atoms with van der Waals surface area (Å²) in [5.41, 5.74) is 0.300. The maximum atomic E-state index is 11.5. The Labute approximate surface area is 111 Å². The first-order valence-corrected chi connectivity index (χ1v) is 5.14. The van der Waals surface area contributed by atoms with Crippen LogP contribution in [0.25, 0.3) is 0 Å². The van der Waals surface area contributed by atoms with E-state index in [1.165, 1.54) is 24.3 Å². The van der Waals surface area contributed by atoms with Gasteiger partial charge in [0.1, 0.15) is 9.81 Å². The smallest absolute Gasteiger partial charge is 0.290 e. The molecule has 0 atom stereocenters. The third-order valence-electron chi connectivity index (χ3n) is 2.14. The summed E-state index contributed by atoms with van der Waals surface area (Å²) in [4.78, 5) is 51.0. The van der Waals surface area contributed by atoms with Crippen LogP contribution in [-0.2, 0) is 9.68 Å². The number of carbonyl (C=O) groups excluding carboxylic acids is 2. The summed E-state index contributed by atoms with van der Waals surface area (Å²) >= 11 is 0. The Morgan fingerprint density at radius 1 is 0.850 bits per heavy atom. The van der Waals surface area contributed by atoms with Gasteiger partial charge >= 0.3 is 10.2 Å². The van der Waals surface area contributed by atoms with Gasteiger partial charge < -0.3 is 0 Å². The van der Waals surface area contributed by atoms with Gasteiger partial charge in [0.25, 0.3) is 0 Å². The molecule has 0 aliphatic heterocycles. The molecule has 10 heteroatoms. The average Bonchev–Trinajstić information content (AvgIpc) is 2.42. The van der Waals surface area contributed by atoms with E-state index in [2.05, 4.69) is 9.68 Å². The van der Waals surface area contributed by atoms with Crippen LogP contribution in [0.3, 0.4) is 0 Å². The van der Waals surface area contributed by atoms with Crippen LogP contribution in [0.15, 0.2) is 24.3 Å². The second kappa shape index (κ2) is 6.78. The number of ketones is 2. The molecule has 1 rings (SSSR count). The van der Waals surface area contributed by atoms with E-state index in [1.807, 2.05) is 0 Å². The molecule has 0 aliphatic rings. The molecule has 0 saturated carbocycles. The molecule has 0 bridgehead atoms. The van der Waals surface area contributed by atoms with Gasteiger partial charge in [-0.05, 0) is 0 Å². The molecule has 0 heterocycles. The van der Waals surface area contributed by atoms with Crippen molar-refractivity contribution in [3.63, 3.8) is 0 Å². The van der Waals surface area contributed by atoms with Crippen molar-refractivity contribution in [2.24, 2.45) is 0 Å². The molecule has 106 valence electrons. The molecule has 0 saturated heterocycles. The molecule has 0 unspecified atom stereocenters. The number of Topliss-reactive ketones (excluding diaryl/α,β-unsaturated/α-hetero) is 2. The number of hydrogen-bond acceptors (Lipinski definition) is 6. The third-order valence-corrected chi connectivity index (χ3v) is 2.14. The molecule has 1 aromatic carbocycles. The lowest BCUT2D eigenvalue weighted by molar-refractivity contribution is -0.973. The van der Waals surface area contributed by atoms with Crippen LogP contribution >= 0.6 is 0 Å². The molecule has 0 spiro atoms. The topological polar surface area (TPSA) is 133 Å². The second-order valence-corrected chi connectivity index (χ2v) is 3.45. The summed E-state index contributed by atoms with van der Waals surface area (Å²) in [5.74, 6) is -1.17. The fourth-order valence-electron chi connectivity index (χ4n) is 1.24. The molecule has 0 aliphatic carbocycles. The highest BCUT2D eigenvalue weighted by Gasteiger charge is 2.16. The Bertz CT molecular complexity index is 490. The quantitative estimate of drug-likeness (QED) is 0.513. The predicted octanol–water partition coefficient (Wildman–Crippen LogP) is 0.251. The largest absolute Gasteiger partial charge is 0.475 e. The molecule has 2 N–H and O–H groups in total. The van der Waals surface area contributed by atoms with Gasteiger partial charge in [-0.1, -0.05) is 24.3 Å². The number of benzene rings is 1. The van der Waals surface area contributed by atoms with E-state index in [4.69, 9.17) is 10.4 Å². The van der Waals surface area contributed by atoms with Gasteiger partial charge in [0.15, 0.2) is 0 Å². The second-order valence-electron chi connectivity index (χ2n) is 3.45. The summed E-state index contributed by atoms with van der Waals surface area (Å²) in [6.45, 7) is -1.32. The number of nitrogens with zero attached hydrogens (tertiary/aromatic N) is 2. The SMILES string of the molecule is O=C(CO[N+](=O)O)c1ccc(C(=O)CO[N+](=O)O)cc1. The highest BCUT2D eigenvalue weighted by molar-refractivity contribution is 6.00. The van der Waals surface area contributed by atoms with E-state index in [0.717, 1.165) is 0 Å². The zero-order valence-electron chi connectivity index (χ0n) is 9.96. The lowest BCUT2D eigenvalue weighted by Crippen LogP contribution is -2.15. The van der Waals surface area contributed by atoms with Crippen LogP contribution in [-0.4, -0.2) is 45.4 Å². The molecule has 20 heavy (non-hydrogen) atoms. The van der Waals surface area contributed by atoms with Gasteiger partial charge in [0.2, 0.25) is 24.8 Å². The monoisotopic (exact) mass is 286 g/mol. The number of hydrogen-bond donors (Lipinski definition) is 2. The van der Waals surface area contributed by atoms with Crippen molar-refractivity contribution in [2.75, 3.05) is 13.2 Å². The van der Waals surface area contributed by atoms with Crippen molar-refractivity contribution in [2.45, 2.75) is 0 Å². The molecular formula is C10H10N2O8+2. The Balaban J connectivity index is 2.63. The van der Waals surface area contributed by atoms with Crippen LogP contribution in [0.2, 0.25) is 0 Å². The van der Waals surface area contributed by atoms with Crippen molar-refractivity contribution in [3.8, 4) is 0 Å². The van der Waals surface area contributed by atoms with E-state index in [-0.39, 0.29) is 11.1 Å². The minimum absolute atomic E-state index is 0.150. The van der Waals surface area contributed by atoms with Gasteiger partial charge in [-0.3, -0.25) is 9.59 Å². The van der Waals surface area contributed by atoms with Gasteiger partial charge in [-0.15, -0.1) is 0 Å². The Kier molecular flexibility index (Phi) is 5.09. The molecule has 0 radical (unpaired) electrons. The van der Waals surface area contributed by atoms with Gasteiger partial charge in [0, 0.05) is 11.1 Å². The molecule has 0 amide bonds. The summed E-state index contributed by atoms with van der Waals surface area (Å²) < 4.78 is 0. The lowest BCUT2D eigenvalue weighted by atomic mass is 10.1. The number of carbonyl (C=O) groups is 2. The summed E-state index contributed by atoms with van der Waals surface area (Å²) in [6.07, 6.45) is 0. The Hall–Kier alpha value is -3.04. The van der Waals surface area contributed by atoms with Crippen molar-refractivity contribution in [1.82, 2.24) is 0 Å². The molecular weight excluding hydrogens is 276 g/mol. The van der Waals surface area contributed by atoms with Crippen LogP contribution in [0.4, 0.5) is 0 Å². The van der Waals surface area contributed by atoms with Gasteiger partial charge in [0.05, 0.1) is 0 Å². The maximum Gasteiger partial charge on any atom is 0.475 e. The minimum atomic E-state index is -0.837. The van der Waals surface area contributed by atoms with Crippen LogP contribution in [0.1, 0.15) is 20.7 Å². The molecule has 1 aromatic rings. The van der Waals surface area contributed by atoms with Crippen molar-refractivity contribution < 1.29 is 39.9 Å². The van der Waals surface area contributed by atoms with Crippen LogP contribution < -0.4 is 0 Å². The summed E-state index contributed by atoms with van der Waals surface area (Å²) in [6, 6.07) is 5.16. The van der Waals surface area contributed by atoms with Crippen LogP contribution in [0, 0.1) is 9.81 Å². The first kappa shape index (κ1) is 15.0. The van der Waals surface area contributed by atoms with E-state index in [0.29, 0.717) is 0 Å². The van der Waals surface area contributed by atoms with Crippen molar-refractivity contribution in [1.29, 1.82) is 0 Å². The maximum absolute atomic E-state index is 11.5. The zero-order valence-corrected chi connectivity index (χ0v) is 9.96. The molecule has 0 aromatic heterocycles. The average molecular weight is 286 g/mol. The molecule has 0 fully saturated rings. The Morgan fingerprint density at radius 3 is 1.40 bits per heavy atom. The highest BCUT2D eigenvalue weighted by atomic mass is 17.0. The van der Waals surface area contributed by atoms with E-state index >= 15 is 0 Å². The Morgan fingerprint density at radius 2 is 1.15 bits per heavy atom. The van der Waals surface area contributed by atoms with E-state index in [1.54, 1.807) is 0 Å². The fourth-order valence-corrected chi connectivity index (χ4v) is 1.24. The molecule has 10 nitrogen and oxygen atoms in total. The highest BCUT2D eigenvalue weighted by Crippen LogP contribution is 2.07. The van der Waals surface area contributed by atoms with E-state index < -0.39 is 35.0 Å². The first-order valence-electron chi connectivity index (χ1n) is 5.14. The first-order chi connectivity index (χ1) is 9.40. The summed E-state index contributed by atoms with van der Waals surface area (Å²) in [5, 5.41) is 14.7. The number of rotatable bonds is 8. The standard InChI is InChI=1S/C10H10N2O8/c13-9(5-19-11(15)16)7-1-2-8(4-3-7)10(14)6-20-12(17)18/h1-4H,5-6H2,(H,15,16)(H,17,18)/q+2. The van der Waals surface area contributed by atoms with E-state index in [9.17, 15) is 19.4 Å². The normalized spacial score (nSPS) is 9.60. The van der Waals surface area contributed by atoms with Crippen LogP contribution in [0.5, 0.6) is 0 Å². The van der Waals surface area contributed by atoms with Gasteiger partial charge in [-0.25, -0.2) is 10.4 Å². The predicted molar refractivity (Wildman–Crippen MR) is 57.8 cm³/mol. The fraction of sp³-hybridized carbons (Fsp3) is 0.200. The van der Waals surface area contributed by atoms with Crippen molar-refractivity contribution in [3.05, 3.63) is 45.2 Å². The minimum Gasteiger partial charge on any atom is -0.290 e. The third kappa shape index (κ3) is 4.68. The lowest BCUT2D eigenvalue weighted by Gasteiger charge is -1.99. The van der Waals surface area contributed by atoms with Crippen molar-refractivity contribution >= 4 is 11.6 Å². The zero-order chi connectivity index (χ0) is 15.1. The summed E-state index contributed by atoms with van der Waals surface area (Å²) in [7, 11) is 0.